The minimum absolute atomic E-state index is 0.0612. The fraction of sp³-hybridized carbons (Fsp3) is 0.480. The first-order valence-corrected chi connectivity index (χ1v) is 11.3. The van der Waals surface area contributed by atoms with E-state index in [9.17, 15) is 18.0 Å². The molecule has 0 aliphatic carbocycles. The number of amides is 1. The van der Waals surface area contributed by atoms with Gasteiger partial charge in [0.05, 0.1) is 5.56 Å². The second kappa shape index (κ2) is 11.4. The van der Waals surface area contributed by atoms with E-state index in [4.69, 9.17) is 0 Å². The number of nitrogens with one attached hydrogen (secondary N) is 1. The van der Waals surface area contributed by atoms with Gasteiger partial charge in [0.25, 0.3) is 0 Å². The molecule has 0 spiro atoms. The Kier molecular flexibility index (Phi) is 8.56. The lowest BCUT2D eigenvalue weighted by atomic mass is 9.96. The Morgan fingerprint density at radius 3 is 2.25 bits per heavy atom. The maximum Gasteiger partial charge on any atom is 0.416 e. The molecule has 2 aromatic rings. The number of hydrogen-bond donors (Lipinski definition) is 1. The van der Waals surface area contributed by atoms with Crippen LogP contribution in [0, 0.1) is 0 Å². The van der Waals surface area contributed by atoms with E-state index in [0.29, 0.717) is 6.54 Å². The van der Waals surface area contributed by atoms with Crippen LogP contribution < -0.4 is 10.2 Å². The molecule has 2 aromatic carbocycles. The molecule has 0 radical (unpaired) electrons. The minimum Gasteiger partial charge on any atom is -0.369 e. The van der Waals surface area contributed by atoms with Gasteiger partial charge in [-0.2, -0.15) is 13.2 Å². The molecular formula is C25H32F3N3O. The summed E-state index contributed by atoms with van der Waals surface area (Å²) in [6, 6.07) is 15.5. The van der Waals surface area contributed by atoms with Crippen LogP contribution >= 0.6 is 0 Å². The summed E-state index contributed by atoms with van der Waals surface area (Å²) in [5.41, 5.74) is 1.35. The van der Waals surface area contributed by atoms with Crippen molar-refractivity contribution in [3.8, 4) is 0 Å². The summed E-state index contributed by atoms with van der Waals surface area (Å²) in [7, 11) is 0. The van der Waals surface area contributed by atoms with Gasteiger partial charge in [-0.25, -0.2) is 0 Å². The molecule has 1 amide bonds. The molecule has 0 saturated carbocycles. The van der Waals surface area contributed by atoms with Crippen LogP contribution in [0.1, 0.15) is 43.2 Å². The number of benzene rings is 2. The molecule has 1 saturated heterocycles. The molecule has 0 bridgehead atoms. The molecule has 0 aromatic heterocycles. The number of rotatable bonds is 9. The summed E-state index contributed by atoms with van der Waals surface area (Å²) in [5, 5.41) is 2.94. The topological polar surface area (TPSA) is 35.6 Å². The van der Waals surface area contributed by atoms with Crippen molar-refractivity contribution >= 4 is 11.6 Å². The molecule has 1 atom stereocenters. The fourth-order valence-corrected chi connectivity index (χ4v) is 4.03. The number of carbonyl (C=O) groups is 1. The van der Waals surface area contributed by atoms with Crippen molar-refractivity contribution < 1.29 is 18.0 Å². The van der Waals surface area contributed by atoms with E-state index in [1.807, 2.05) is 13.0 Å². The number of piperazine rings is 1. The Labute approximate surface area is 188 Å². The maximum absolute atomic E-state index is 12.7. The van der Waals surface area contributed by atoms with Gasteiger partial charge < -0.3 is 10.2 Å². The van der Waals surface area contributed by atoms with Crippen molar-refractivity contribution in [3.63, 3.8) is 0 Å². The zero-order valence-electron chi connectivity index (χ0n) is 18.6. The van der Waals surface area contributed by atoms with Gasteiger partial charge in [0.2, 0.25) is 5.91 Å². The van der Waals surface area contributed by atoms with Crippen molar-refractivity contribution in [2.24, 2.45) is 0 Å². The Bertz CT molecular complexity index is 832. The second-order valence-electron chi connectivity index (χ2n) is 8.45. The molecule has 1 aliphatic rings. The average Bonchev–Trinajstić information content (AvgIpc) is 2.79. The standard InChI is InChI=1S/C25H32F3N3O/c1-20(21-9-11-22(12-10-21)25(26,27)28)19-24(32)29-13-5-6-14-30-15-17-31(18-16-30)23-7-3-2-4-8-23/h2-4,7-12,20H,5-6,13-19H2,1H3,(H,29,32). The minimum atomic E-state index is -4.34. The lowest BCUT2D eigenvalue weighted by molar-refractivity contribution is -0.137. The number of halogens is 3. The van der Waals surface area contributed by atoms with Gasteiger partial charge in [0.15, 0.2) is 0 Å². The first-order valence-electron chi connectivity index (χ1n) is 11.3. The van der Waals surface area contributed by atoms with Gasteiger partial charge in [-0.3, -0.25) is 9.69 Å². The van der Waals surface area contributed by atoms with Crippen LogP contribution in [0.3, 0.4) is 0 Å². The van der Waals surface area contributed by atoms with Gasteiger partial charge >= 0.3 is 6.18 Å². The number of carbonyl (C=O) groups excluding carboxylic acids is 1. The molecule has 1 unspecified atom stereocenters. The van der Waals surface area contributed by atoms with Crippen LogP contribution in [-0.2, 0) is 11.0 Å². The highest BCUT2D eigenvalue weighted by atomic mass is 19.4. The van der Waals surface area contributed by atoms with E-state index in [-0.39, 0.29) is 18.2 Å². The Morgan fingerprint density at radius 1 is 0.969 bits per heavy atom. The summed E-state index contributed by atoms with van der Waals surface area (Å²) >= 11 is 0. The highest BCUT2D eigenvalue weighted by Gasteiger charge is 2.30. The predicted molar refractivity (Wildman–Crippen MR) is 122 cm³/mol. The molecule has 32 heavy (non-hydrogen) atoms. The Balaban J connectivity index is 1.28. The normalized spacial score (nSPS) is 16.1. The van der Waals surface area contributed by atoms with Crippen LogP contribution in [0.25, 0.3) is 0 Å². The van der Waals surface area contributed by atoms with E-state index in [0.717, 1.165) is 63.3 Å². The highest BCUT2D eigenvalue weighted by Crippen LogP contribution is 2.30. The molecule has 1 aliphatic heterocycles. The number of hydrogen-bond acceptors (Lipinski definition) is 3. The third-order valence-corrected chi connectivity index (χ3v) is 6.02. The summed E-state index contributed by atoms with van der Waals surface area (Å²) < 4.78 is 38.0. The predicted octanol–water partition coefficient (Wildman–Crippen LogP) is 4.92. The lowest BCUT2D eigenvalue weighted by Gasteiger charge is -2.36. The maximum atomic E-state index is 12.7. The fourth-order valence-electron chi connectivity index (χ4n) is 4.03. The smallest absolute Gasteiger partial charge is 0.369 e. The summed E-state index contributed by atoms with van der Waals surface area (Å²) in [6.07, 6.45) is -2.12. The number of unbranched alkanes of at least 4 members (excludes halogenated alkanes) is 1. The number of nitrogens with zero attached hydrogens (tertiary/aromatic N) is 2. The zero-order chi connectivity index (χ0) is 23.0. The van der Waals surface area contributed by atoms with E-state index >= 15 is 0 Å². The van der Waals surface area contributed by atoms with E-state index < -0.39 is 11.7 Å². The van der Waals surface area contributed by atoms with Crippen LogP contribution in [0.5, 0.6) is 0 Å². The van der Waals surface area contributed by atoms with Crippen molar-refractivity contribution in [2.75, 3.05) is 44.2 Å². The summed E-state index contributed by atoms with van der Waals surface area (Å²) in [6.45, 7) is 7.67. The largest absolute Gasteiger partial charge is 0.416 e. The first kappa shape index (κ1) is 24.1. The molecule has 1 N–H and O–H groups in total. The van der Waals surface area contributed by atoms with Crippen LogP contribution in [-0.4, -0.2) is 50.1 Å². The monoisotopic (exact) mass is 447 g/mol. The summed E-state index contributed by atoms with van der Waals surface area (Å²) in [5.74, 6) is -0.188. The third-order valence-electron chi connectivity index (χ3n) is 6.02. The van der Waals surface area contributed by atoms with Crippen LogP contribution in [0.2, 0.25) is 0 Å². The zero-order valence-corrected chi connectivity index (χ0v) is 18.6. The van der Waals surface area contributed by atoms with Gasteiger partial charge in [0.1, 0.15) is 0 Å². The molecule has 1 heterocycles. The van der Waals surface area contributed by atoms with E-state index in [1.165, 1.54) is 17.8 Å². The molecule has 174 valence electrons. The first-order chi connectivity index (χ1) is 15.3. The molecule has 4 nitrogen and oxygen atoms in total. The average molecular weight is 448 g/mol. The molecule has 1 fully saturated rings. The van der Waals surface area contributed by atoms with E-state index in [1.54, 1.807) is 0 Å². The second-order valence-corrected chi connectivity index (χ2v) is 8.45. The van der Waals surface area contributed by atoms with Crippen molar-refractivity contribution in [1.29, 1.82) is 0 Å². The van der Waals surface area contributed by atoms with Crippen LogP contribution in [0.15, 0.2) is 54.6 Å². The van der Waals surface area contributed by atoms with Crippen molar-refractivity contribution in [2.45, 2.75) is 38.3 Å². The SMILES string of the molecule is CC(CC(=O)NCCCCN1CCN(c2ccccc2)CC1)c1ccc(C(F)(F)F)cc1. The van der Waals surface area contributed by atoms with Crippen LogP contribution in [0.4, 0.5) is 18.9 Å². The number of alkyl halides is 3. The third kappa shape index (κ3) is 7.26. The number of para-hydroxylation sites is 1. The van der Waals surface area contributed by atoms with Crippen molar-refractivity contribution in [3.05, 3.63) is 65.7 Å². The highest BCUT2D eigenvalue weighted by molar-refractivity contribution is 5.76. The van der Waals surface area contributed by atoms with Crippen molar-refractivity contribution in [1.82, 2.24) is 10.2 Å². The molecular weight excluding hydrogens is 415 g/mol. The lowest BCUT2D eigenvalue weighted by Crippen LogP contribution is -2.46. The van der Waals surface area contributed by atoms with Gasteiger partial charge in [0, 0.05) is 44.8 Å². The Morgan fingerprint density at radius 2 is 1.62 bits per heavy atom. The van der Waals surface area contributed by atoms with Gasteiger partial charge in [-0.15, -0.1) is 0 Å². The molecule has 3 rings (SSSR count). The van der Waals surface area contributed by atoms with E-state index in [2.05, 4.69) is 39.4 Å². The number of anilines is 1. The Hall–Kier alpha value is -2.54. The van der Waals surface area contributed by atoms with Gasteiger partial charge in [-0.05, 0) is 55.1 Å². The molecule has 7 heteroatoms. The quantitative estimate of drug-likeness (QED) is 0.555. The summed E-state index contributed by atoms with van der Waals surface area (Å²) in [4.78, 5) is 17.1. The van der Waals surface area contributed by atoms with Gasteiger partial charge in [-0.1, -0.05) is 37.3 Å².